The van der Waals surface area contributed by atoms with Gasteiger partial charge in [0.05, 0.1) is 12.5 Å². The molecule has 0 fully saturated rings. The second-order valence-electron chi connectivity index (χ2n) is 2.83. The Morgan fingerprint density at radius 3 is 1.59 bits per heavy atom. The molecule has 0 amide bonds. The summed E-state index contributed by atoms with van der Waals surface area (Å²) in [7, 11) is 0. The van der Waals surface area contributed by atoms with E-state index in [2.05, 4.69) is 0 Å². The van der Waals surface area contributed by atoms with Crippen LogP contribution in [0.15, 0.2) is 0 Å². The fourth-order valence-corrected chi connectivity index (χ4v) is 0.487. The molecule has 0 saturated carbocycles. The van der Waals surface area contributed by atoms with Crippen molar-refractivity contribution in [2.75, 3.05) is 0 Å². The van der Waals surface area contributed by atoms with Gasteiger partial charge in [0, 0.05) is 7.40 Å². The zero-order chi connectivity index (χ0) is 11.7. The first kappa shape index (κ1) is 31.4. The second-order valence-corrected chi connectivity index (χ2v) is 2.83. The second kappa shape index (κ2) is 20.4. The summed E-state index contributed by atoms with van der Waals surface area (Å²) >= 11 is 0. The Kier molecular flexibility index (Phi) is 37.7. The summed E-state index contributed by atoms with van der Waals surface area (Å²) in [6.45, 7) is 2.73. The summed E-state index contributed by atoms with van der Waals surface area (Å²) < 4.78 is 0. The van der Waals surface area contributed by atoms with Crippen LogP contribution >= 0.6 is 0 Å². The summed E-state index contributed by atoms with van der Waals surface area (Å²) in [5.41, 5.74) is 0. The summed E-state index contributed by atoms with van der Waals surface area (Å²) in [5.74, 6) is -2.24. The third-order valence-corrected chi connectivity index (χ3v) is 0.924. The maximum atomic E-state index is 9.92. The first-order chi connectivity index (χ1) is 6.25. The Labute approximate surface area is 186 Å². The van der Waals surface area contributed by atoms with Crippen LogP contribution < -0.4 is 113 Å². The Balaban J connectivity index is -0.0000000327. The number of carboxylic acids is 2. The number of aliphatic hydroxyl groups is 1. The van der Waals surface area contributed by atoms with E-state index in [-0.39, 0.29) is 122 Å². The first-order valence-electron chi connectivity index (χ1n) is 4.01. The van der Waals surface area contributed by atoms with Crippen LogP contribution in [0.5, 0.6) is 0 Å². The SMILES string of the molecule is CC(O)CC(=O)O.CC([O-])CC(=O)[O-].F.[3HH].[K+].[K+]. The van der Waals surface area contributed by atoms with Gasteiger partial charge in [0.25, 0.3) is 0 Å². The van der Waals surface area contributed by atoms with Crippen LogP contribution in [-0.2, 0) is 9.59 Å². The number of carboxylic acid groups (broad SMARTS) is 2. The molecule has 94 valence electrons. The van der Waals surface area contributed by atoms with E-state index in [1.165, 1.54) is 13.8 Å². The Morgan fingerprint density at radius 1 is 1.24 bits per heavy atom. The van der Waals surface area contributed by atoms with Crippen molar-refractivity contribution in [2.45, 2.75) is 38.9 Å². The van der Waals surface area contributed by atoms with E-state index in [0.717, 1.165) is 0 Å². The molecule has 0 aromatic carbocycles. The summed E-state index contributed by atoms with van der Waals surface area (Å²) in [6, 6.07) is 0. The van der Waals surface area contributed by atoms with Crippen LogP contribution in [0.25, 0.3) is 0 Å². The Morgan fingerprint density at radius 2 is 1.59 bits per heavy atom. The third kappa shape index (κ3) is 46.0. The van der Waals surface area contributed by atoms with Gasteiger partial charge in [0.1, 0.15) is 0 Å². The molecule has 0 aliphatic carbocycles. The van der Waals surface area contributed by atoms with Gasteiger partial charge in [-0.15, -0.1) is 6.10 Å². The topological polar surface area (TPSA) is 121 Å². The minimum Gasteiger partial charge on any atom is -0.852 e. The van der Waals surface area contributed by atoms with Gasteiger partial charge in [-0.2, -0.15) is 0 Å². The molecule has 0 saturated heterocycles. The van der Waals surface area contributed by atoms with Crippen molar-refractivity contribution in [2.24, 2.45) is 0 Å². The van der Waals surface area contributed by atoms with Crippen molar-refractivity contribution in [1.82, 2.24) is 0 Å². The molecule has 0 rings (SSSR count). The van der Waals surface area contributed by atoms with Crippen molar-refractivity contribution < 1.29 is 139 Å². The molecule has 2 unspecified atom stereocenters. The quantitative estimate of drug-likeness (QED) is 0.498. The summed E-state index contributed by atoms with van der Waals surface area (Å²) in [5, 5.41) is 35.7. The summed E-state index contributed by atoms with van der Waals surface area (Å²) in [4.78, 5) is 19.1. The molecule has 0 radical (unpaired) electrons. The molecule has 0 aliphatic rings. The number of aliphatic carboxylic acids is 2. The molecule has 6 nitrogen and oxygen atoms in total. The number of hydrogen-bond donors (Lipinski definition) is 2. The van der Waals surface area contributed by atoms with Gasteiger partial charge >= 0.3 is 109 Å². The van der Waals surface area contributed by atoms with Gasteiger partial charge in [0.2, 0.25) is 0 Å². The molecule has 0 spiro atoms. The first-order valence-corrected chi connectivity index (χ1v) is 4.01. The molecule has 0 aromatic heterocycles. The predicted octanol–water partition coefficient (Wildman–Crippen LogP) is -7.88. The molecule has 0 heterocycles. The minimum atomic E-state index is -1.28. The van der Waals surface area contributed by atoms with Gasteiger partial charge in [-0.1, -0.05) is 6.92 Å². The Hall–Kier alpha value is 2.06. The van der Waals surface area contributed by atoms with Crippen LogP contribution in [-0.4, -0.2) is 34.4 Å². The molecule has 9 heteroatoms. The zero-order valence-corrected chi connectivity index (χ0v) is 16.8. The maximum Gasteiger partial charge on any atom is 1.00 e. The smallest absolute Gasteiger partial charge is 0.852 e. The van der Waals surface area contributed by atoms with E-state index in [0.29, 0.717) is 0 Å². The zero-order valence-electron chi connectivity index (χ0n) is 10.5. The minimum absolute atomic E-state index is 0. The number of carbonyl (C=O) groups excluding carboxylic acids is 1. The van der Waals surface area contributed by atoms with Crippen molar-refractivity contribution in [3.05, 3.63) is 0 Å². The standard InChI is InChI=1S/C4H8O3.C4H7O3.FH.2K.H2/c2*1-3(5)2-4(6)7;;;;/h3,5H,2H2,1H3,(H,6,7);3H,2H2,1H3,(H,6,7);1H;;;1H/q;-1;;2*+1;/p-1/i;;;;;1+2. The molecular weight excluding hydrogens is 289 g/mol. The normalized spacial score (nSPS) is 11.1. The number of rotatable bonds is 4. The van der Waals surface area contributed by atoms with Gasteiger partial charge in [0.15, 0.2) is 0 Å². The van der Waals surface area contributed by atoms with Crippen molar-refractivity contribution in [3.8, 4) is 0 Å². The third-order valence-electron chi connectivity index (χ3n) is 0.924. The summed E-state index contributed by atoms with van der Waals surface area (Å²) in [6.07, 6.45) is -2.32. The molecule has 0 aliphatic heterocycles. The fraction of sp³-hybridized carbons (Fsp3) is 0.750. The van der Waals surface area contributed by atoms with Crippen molar-refractivity contribution in [3.63, 3.8) is 0 Å². The van der Waals surface area contributed by atoms with Gasteiger partial charge in [-0.25, -0.2) is 0 Å². The van der Waals surface area contributed by atoms with E-state index in [9.17, 15) is 19.8 Å². The van der Waals surface area contributed by atoms with E-state index in [1.54, 1.807) is 0 Å². The molecule has 0 aromatic rings. The van der Waals surface area contributed by atoms with E-state index < -0.39 is 24.1 Å². The van der Waals surface area contributed by atoms with Gasteiger partial charge in [-0.05, 0) is 13.3 Å². The number of carbonyl (C=O) groups is 2. The Bertz CT molecular complexity index is 174. The predicted molar refractivity (Wildman–Crippen MR) is 47.6 cm³/mol. The monoisotopic (exact) mass is 308 g/mol. The molecule has 17 heavy (non-hydrogen) atoms. The average molecular weight is 308 g/mol. The maximum absolute atomic E-state index is 9.92. The van der Waals surface area contributed by atoms with Crippen LogP contribution in [0.3, 0.4) is 0 Å². The van der Waals surface area contributed by atoms with Crippen LogP contribution in [0, 0.1) is 0 Å². The van der Waals surface area contributed by atoms with E-state index in [4.69, 9.17) is 10.2 Å². The van der Waals surface area contributed by atoms with Gasteiger partial charge in [-0.3, -0.25) is 9.50 Å². The van der Waals surface area contributed by atoms with E-state index >= 15 is 0 Å². The molecule has 2 N–H and O–H groups in total. The van der Waals surface area contributed by atoms with Crippen molar-refractivity contribution in [1.29, 1.82) is 0 Å². The van der Waals surface area contributed by atoms with Crippen LogP contribution in [0.1, 0.15) is 28.1 Å². The molecule has 0 bridgehead atoms. The van der Waals surface area contributed by atoms with Crippen LogP contribution in [0.4, 0.5) is 4.70 Å². The van der Waals surface area contributed by atoms with Gasteiger partial charge < -0.3 is 25.2 Å². The van der Waals surface area contributed by atoms with Crippen molar-refractivity contribution >= 4 is 11.9 Å². The fourth-order valence-electron chi connectivity index (χ4n) is 0.487. The number of halogens is 1. The largest absolute Gasteiger partial charge is 1.00 e. The van der Waals surface area contributed by atoms with Crippen LogP contribution in [0.2, 0.25) is 0 Å². The average Bonchev–Trinajstić information content (AvgIpc) is 1.79. The van der Waals surface area contributed by atoms with E-state index in [1.807, 2.05) is 0 Å². The number of aliphatic hydroxyl groups excluding tert-OH is 1. The molecular formula is C8H17FK2O6. The number of hydrogen-bond acceptors (Lipinski definition) is 5. The molecule has 2 atom stereocenters.